The SMILES string of the molecule is CC1(C)[C@H]2CC=C(CCOc3ccc4c(-c5ccc(F)cc5)cc(=O)oc4c3)[C@@H]1C2. The van der Waals surface area contributed by atoms with Gasteiger partial charge in [-0.25, -0.2) is 9.18 Å². The summed E-state index contributed by atoms with van der Waals surface area (Å²) in [6.45, 7) is 5.37. The van der Waals surface area contributed by atoms with Gasteiger partial charge >= 0.3 is 5.63 Å². The van der Waals surface area contributed by atoms with E-state index in [9.17, 15) is 9.18 Å². The Hall–Kier alpha value is -2.88. The van der Waals surface area contributed by atoms with Crippen molar-refractivity contribution in [3.8, 4) is 16.9 Å². The molecule has 1 heterocycles. The zero-order valence-corrected chi connectivity index (χ0v) is 17.3. The maximum Gasteiger partial charge on any atom is 0.336 e. The second-order valence-corrected chi connectivity index (χ2v) is 9.06. The average Bonchev–Trinajstić information content (AvgIpc) is 2.73. The van der Waals surface area contributed by atoms with E-state index in [1.165, 1.54) is 36.6 Å². The molecule has 4 heteroatoms. The molecule has 1 fully saturated rings. The molecule has 2 aromatic carbocycles. The van der Waals surface area contributed by atoms with Gasteiger partial charge in [0.2, 0.25) is 0 Å². The van der Waals surface area contributed by atoms with Gasteiger partial charge in [-0.1, -0.05) is 37.6 Å². The lowest BCUT2D eigenvalue weighted by Crippen LogP contribution is -2.48. The molecule has 3 aromatic rings. The molecule has 154 valence electrons. The van der Waals surface area contributed by atoms with Gasteiger partial charge in [-0.3, -0.25) is 0 Å². The molecule has 6 rings (SSSR count). The lowest BCUT2D eigenvalue weighted by Gasteiger charge is -2.56. The molecule has 3 nitrogen and oxygen atoms in total. The maximum atomic E-state index is 13.3. The summed E-state index contributed by atoms with van der Waals surface area (Å²) < 4.78 is 24.7. The highest BCUT2D eigenvalue weighted by atomic mass is 19.1. The van der Waals surface area contributed by atoms with E-state index in [2.05, 4.69) is 19.9 Å². The molecular formula is C26H25FO3. The second kappa shape index (κ2) is 7.12. The summed E-state index contributed by atoms with van der Waals surface area (Å²) in [6.07, 6.45) is 5.83. The molecule has 0 spiro atoms. The van der Waals surface area contributed by atoms with Crippen LogP contribution in [0.4, 0.5) is 4.39 Å². The van der Waals surface area contributed by atoms with Crippen LogP contribution < -0.4 is 10.4 Å². The number of fused-ring (bicyclic) bond motifs is 2. The van der Waals surface area contributed by atoms with Crippen LogP contribution in [0, 0.1) is 23.1 Å². The van der Waals surface area contributed by atoms with Crippen molar-refractivity contribution in [3.63, 3.8) is 0 Å². The predicted molar refractivity (Wildman–Crippen MR) is 116 cm³/mol. The Kier molecular flexibility index (Phi) is 4.53. The molecule has 3 aliphatic carbocycles. The standard InChI is InChI=1S/C26H25FO3/c1-26(2)18-6-3-17(23(26)13-18)11-12-29-20-9-10-21-22(15-25(28)30-24(21)14-20)16-4-7-19(27)8-5-16/h3-5,7-10,14-15,18,23H,6,11-13H2,1-2H3/t18-,23-/m0/s1. The minimum atomic E-state index is -0.437. The second-order valence-electron chi connectivity index (χ2n) is 9.06. The van der Waals surface area contributed by atoms with Gasteiger partial charge in [-0.05, 0) is 65.5 Å². The van der Waals surface area contributed by atoms with Crippen LogP contribution in [0.15, 0.2) is 69.4 Å². The van der Waals surface area contributed by atoms with E-state index < -0.39 is 5.63 Å². The Morgan fingerprint density at radius 3 is 2.67 bits per heavy atom. The van der Waals surface area contributed by atoms with Crippen LogP contribution >= 0.6 is 0 Å². The largest absolute Gasteiger partial charge is 0.493 e. The molecule has 0 saturated heterocycles. The minimum absolute atomic E-state index is 0.310. The first-order valence-corrected chi connectivity index (χ1v) is 10.6. The smallest absolute Gasteiger partial charge is 0.336 e. The maximum absolute atomic E-state index is 13.3. The zero-order valence-electron chi connectivity index (χ0n) is 17.3. The zero-order chi connectivity index (χ0) is 20.9. The van der Waals surface area contributed by atoms with E-state index in [4.69, 9.17) is 9.15 Å². The van der Waals surface area contributed by atoms with Gasteiger partial charge in [0.1, 0.15) is 17.1 Å². The van der Waals surface area contributed by atoms with Gasteiger partial charge < -0.3 is 9.15 Å². The van der Waals surface area contributed by atoms with Gasteiger partial charge in [0.05, 0.1) is 6.61 Å². The number of halogens is 1. The van der Waals surface area contributed by atoms with Crippen molar-refractivity contribution in [2.45, 2.75) is 33.1 Å². The van der Waals surface area contributed by atoms with Gasteiger partial charge in [0.25, 0.3) is 0 Å². The van der Waals surface area contributed by atoms with Gasteiger partial charge in [-0.2, -0.15) is 0 Å². The van der Waals surface area contributed by atoms with E-state index >= 15 is 0 Å². The van der Waals surface area contributed by atoms with Crippen LogP contribution in [-0.4, -0.2) is 6.61 Å². The van der Waals surface area contributed by atoms with Crippen LogP contribution in [0.3, 0.4) is 0 Å². The normalized spacial score (nSPS) is 21.8. The quantitative estimate of drug-likeness (QED) is 0.367. The van der Waals surface area contributed by atoms with Crippen molar-refractivity contribution >= 4 is 11.0 Å². The molecular weight excluding hydrogens is 379 g/mol. The topological polar surface area (TPSA) is 39.4 Å². The Bertz CT molecular complexity index is 1190. The molecule has 0 N–H and O–H groups in total. The molecule has 0 unspecified atom stereocenters. The third-order valence-electron chi connectivity index (χ3n) is 7.11. The first-order chi connectivity index (χ1) is 14.4. The molecule has 1 saturated carbocycles. The van der Waals surface area contributed by atoms with E-state index in [1.54, 1.807) is 18.2 Å². The molecule has 2 atom stereocenters. The fourth-order valence-corrected chi connectivity index (χ4v) is 5.15. The number of ether oxygens (including phenoxy) is 1. The number of hydrogen-bond donors (Lipinski definition) is 0. The van der Waals surface area contributed by atoms with Crippen LogP contribution in [0.1, 0.15) is 33.1 Å². The third-order valence-corrected chi connectivity index (χ3v) is 7.11. The fraction of sp³-hybridized carbons (Fsp3) is 0.346. The predicted octanol–water partition coefficient (Wildman–Crippen LogP) is 6.36. The summed E-state index contributed by atoms with van der Waals surface area (Å²) in [5, 5.41) is 0.797. The Morgan fingerprint density at radius 1 is 1.13 bits per heavy atom. The molecule has 1 aromatic heterocycles. The fourth-order valence-electron chi connectivity index (χ4n) is 5.15. The number of hydrogen-bond acceptors (Lipinski definition) is 3. The summed E-state index contributed by atoms with van der Waals surface area (Å²) in [4.78, 5) is 12.1. The number of rotatable bonds is 5. The summed E-state index contributed by atoms with van der Waals surface area (Å²) >= 11 is 0. The molecule has 0 amide bonds. The third kappa shape index (κ3) is 3.24. The van der Waals surface area contributed by atoms with Crippen LogP contribution in [0.2, 0.25) is 0 Å². The van der Waals surface area contributed by atoms with Crippen molar-refractivity contribution in [3.05, 3.63) is 76.4 Å². The summed E-state index contributed by atoms with van der Waals surface area (Å²) in [6, 6.07) is 13.1. The van der Waals surface area contributed by atoms with Crippen molar-refractivity contribution in [1.82, 2.24) is 0 Å². The molecule has 3 aliphatic rings. The molecule has 0 aliphatic heterocycles. The Balaban J connectivity index is 1.35. The first kappa shape index (κ1) is 19.1. The Morgan fingerprint density at radius 2 is 1.93 bits per heavy atom. The van der Waals surface area contributed by atoms with Crippen molar-refractivity contribution in [2.24, 2.45) is 17.3 Å². The highest BCUT2D eigenvalue weighted by Gasteiger charge is 2.50. The number of benzene rings is 2. The summed E-state index contributed by atoms with van der Waals surface area (Å²) in [5.74, 6) is 1.90. The lowest BCUT2D eigenvalue weighted by atomic mass is 9.48. The van der Waals surface area contributed by atoms with E-state index in [0.29, 0.717) is 29.3 Å². The summed E-state index contributed by atoms with van der Waals surface area (Å²) in [5.41, 5.74) is 3.48. The van der Waals surface area contributed by atoms with Gasteiger partial charge in [-0.15, -0.1) is 0 Å². The molecule has 0 radical (unpaired) electrons. The minimum Gasteiger partial charge on any atom is -0.493 e. The molecule has 2 bridgehead atoms. The highest BCUT2D eigenvalue weighted by molar-refractivity contribution is 5.93. The Labute approximate surface area is 175 Å². The van der Waals surface area contributed by atoms with Crippen LogP contribution in [0.5, 0.6) is 5.75 Å². The highest BCUT2D eigenvalue weighted by Crippen LogP contribution is 2.59. The molecule has 30 heavy (non-hydrogen) atoms. The van der Waals surface area contributed by atoms with Gasteiger partial charge in [0, 0.05) is 23.9 Å². The van der Waals surface area contributed by atoms with Crippen molar-refractivity contribution < 1.29 is 13.5 Å². The van der Waals surface area contributed by atoms with Gasteiger partial charge in [0.15, 0.2) is 0 Å². The van der Waals surface area contributed by atoms with Crippen molar-refractivity contribution in [2.75, 3.05) is 6.61 Å². The van der Waals surface area contributed by atoms with Crippen molar-refractivity contribution in [1.29, 1.82) is 0 Å². The van der Waals surface area contributed by atoms with E-state index in [1.807, 2.05) is 12.1 Å². The first-order valence-electron chi connectivity index (χ1n) is 10.6. The summed E-state index contributed by atoms with van der Waals surface area (Å²) in [7, 11) is 0. The van der Waals surface area contributed by atoms with Crippen LogP contribution in [-0.2, 0) is 0 Å². The average molecular weight is 404 g/mol. The lowest BCUT2D eigenvalue weighted by molar-refractivity contribution is -0.00917. The van der Waals surface area contributed by atoms with E-state index in [0.717, 1.165) is 28.9 Å². The monoisotopic (exact) mass is 404 g/mol. The van der Waals surface area contributed by atoms with Crippen LogP contribution in [0.25, 0.3) is 22.1 Å². The number of allylic oxidation sites excluding steroid dienone is 1. The van der Waals surface area contributed by atoms with E-state index in [-0.39, 0.29) is 5.82 Å².